The van der Waals surface area contributed by atoms with E-state index in [4.69, 9.17) is 0 Å². The van der Waals surface area contributed by atoms with Gasteiger partial charge in [0.1, 0.15) is 5.60 Å². The molecular formula is C17H23N3O. The molecule has 0 saturated carbocycles. The van der Waals surface area contributed by atoms with E-state index in [1.165, 1.54) is 5.56 Å². The molecule has 2 unspecified atom stereocenters. The van der Waals surface area contributed by atoms with Gasteiger partial charge in [0.05, 0.1) is 6.20 Å². The van der Waals surface area contributed by atoms with E-state index >= 15 is 0 Å². The number of aliphatic hydroxyl groups is 1. The summed E-state index contributed by atoms with van der Waals surface area (Å²) in [6, 6.07) is 8.42. The number of nitrogens with one attached hydrogen (secondary N) is 2. The zero-order valence-electron chi connectivity index (χ0n) is 12.7. The minimum atomic E-state index is -0.763. The standard InChI is InChI=1S/C17H23N3O/c1-12(15-10-19-20-13(15)2)18-11-17(21)9-5-7-14-6-3-4-8-16(14)17/h3-4,6,8,10,12,18,21H,5,7,9,11H2,1-2H3,(H,19,20). The first-order valence-corrected chi connectivity index (χ1v) is 7.64. The zero-order valence-corrected chi connectivity index (χ0v) is 12.7. The number of hydrogen-bond donors (Lipinski definition) is 3. The topological polar surface area (TPSA) is 60.9 Å². The molecule has 1 aromatic heterocycles. The van der Waals surface area contributed by atoms with Crippen molar-refractivity contribution in [2.45, 2.75) is 44.8 Å². The van der Waals surface area contributed by atoms with Crippen LogP contribution in [0.3, 0.4) is 0 Å². The van der Waals surface area contributed by atoms with Gasteiger partial charge in [0.25, 0.3) is 0 Å². The number of aryl methyl sites for hydroxylation is 2. The molecule has 2 atom stereocenters. The highest BCUT2D eigenvalue weighted by molar-refractivity contribution is 5.35. The number of benzene rings is 1. The van der Waals surface area contributed by atoms with Crippen LogP contribution in [0.4, 0.5) is 0 Å². The normalized spacial score (nSPS) is 22.8. The quantitative estimate of drug-likeness (QED) is 0.809. The molecule has 0 aliphatic heterocycles. The van der Waals surface area contributed by atoms with Crippen LogP contribution in [0, 0.1) is 6.92 Å². The van der Waals surface area contributed by atoms with Crippen LogP contribution >= 0.6 is 0 Å². The number of H-pyrrole nitrogens is 1. The van der Waals surface area contributed by atoms with Gasteiger partial charge in [0.2, 0.25) is 0 Å². The molecule has 112 valence electrons. The van der Waals surface area contributed by atoms with E-state index in [-0.39, 0.29) is 6.04 Å². The molecule has 0 fully saturated rings. The number of nitrogens with zero attached hydrogens (tertiary/aromatic N) is 1. The molecule has 0 saturated heterocycles. The molecule has 21 heavy (non-hydrogen) atoms. The lowest BCUT2D eigenvalue weighted by atomic mass is 9.79. The van der Waals surface area contributed by atoms with E-state index in [1.54, 1.807) is 0 Å². The van der Waals surface area contributed by atoms with Gasteiger partial charge in [-0.05, 0) is 44.2 Å². The van der Waals surface area contributed by atoms with E-state index in [1.807, 2.05) is 19.2 Å². The lowest BCUT2D eigenvalue weighted by Gasteiger charge is -2.35. The third-order valence-corrected chi connectivity index (χ3v) is 4.59. The molecule has 4 nitrogen and oxygen atoms in total. The summed E-state index contributed by atoms with van der Waals surface area (Å²) in [5.41, 5.74) is 3.83. The van der Waals surface area contributed by atoms with Gasteiger partial charge in [-0.25, -0.2) is 0 Å². The Morgan fingerprint density at radius 1 is 1.43 bits per heavy atom. The van der Waals surface area contributed by atoms with Gasteiger partial charge in [-0.2, -0.15) is 5.10 Å². The number of aromatic amines is 1. The van der Waals surface area contributed by atoms with Gasteiger partial charge in [-0.3, -0.25) is 5.10 Å². The summed E-state index contributed by atoms with van der Waals surface area (Å²) in [4.78, 5) is 0. The predicted octanol–water partition coefficient (Wildman–Crippen LogP) is 2.59. The minimum absolute atomic E-state index is 0.168. The maximum absolute atomic E-state index is 11.1. The van der Waals surface area contributed by atoms with E-state index in [2.05, 4.69) is 40.6 Å². The van der Waals surface area contributed by atoms with Crippen molar-refractivity contribution in [3.05, 3.63) is 52.8 Å². The van der Waals surface area contributed by atoms with E-state index in [0.29, 0.717) is 6.54 Å². The first kappa shape index (κ1) is 14.3. The Kier molecular flexibility index (Phi) is 3.83. The molecule has 4 heteroatoms. The fourth-order valence-electron chi connectivity index (χ4n) is 3.31. The highest BCUT2D eigenvalue weighted by Gasteiger charge is 2.34. The highest BCUT2D eigenvalue weighted by atomic mass is 16.3. The van der Waals surface area contributed by atoms with Crippen LogP contribution in [0.2, 0.25) is 0 Å². The van der Waals surface area contributed by atoms with Crippen LogP contribution in [-0.2, 0) is 12.0 Å². The van der Waals surface area contributed by atoms with Gasteiger partial charge in [-0.1, -0.05) is 24.3 Å². The second kappa shape index (κ2) is 5.62. The monoisotopic (exact) mass is 285 g/mol. The Balaban J connectivity index is 1.75. The van der Waals surface area contributed by atoms with Crippen LogP contribution in [0.5, 0.6) is 0 Å². The van der Waals surface area contributed by atoms with Gasteiger partial charge in [0, 0.05) is 23.8 Å². The Morgan fingerprint density at radius 2 is 2.24 bits per heavy atom. The van der Waals surface area contributed by atoms with Crippen molar-refractivity contribution in [2.75, 3.05) is 6.54 Å². The largest absolute Gasteiger partial charge is 0.384 e. The van der Waals surface area contributed by atoms with Crippen molar-refractivity contribution in [3.8, 4) is 0 Å². The molecule has 1 heterocycles. The summed E-state index contributed by atoms with van der Waals surface area (Å²) in [7, 11) is 0. The van der Waals surface area contributed by atoms with Crippen LogP contribution in [0.25, 0.3) is 0 Å². The van der Waals surface area contributed by atoms with Crippen molar-refractivity contribution < 1.29 is 5.11 Å². The number of hydrogen-bond acceptors (Lipinski definition) is 3. The SMILES string of the molecule is Cc1[nH]ncc1C(C)NCC1(O)CCCc2ccccc21. The second-order valence-corrected chi connectivity index (χ2v) is 6.10. The average molecular weight is 285 g/mol. The summed E-state index contributed by atoms with van der Waals surface area (Å²) < 4.78 is 0. The molecule has 0 radical (unpaired) electrons. The van der Waals surface area contributed by atoms with Gasteiger partial charge < -0.3 is 10.4 Å². The van der Waals surface area contributed by atoms with E-state index in [9.17, 15) is 5.11 Å². The van der Waals surface area contributed by atoms with Crippen molar-refractivity contribution in [3.63, 3.8) is 0 Å². The second-order valence-electron chi connectivity index (χ2n) is 6.10. The third-order valence-electron chi connectivity index (χ3n) is 4.59. The summed E-state index contributed by atoms with van der Waals surface area (Å²) in [5.74, 6) is 0. The minimum Gasteiger partial charge on any atom is -0.384 e. The highest BCUT2D eigenvalue weighted by Crippen LogP contribution is 2.35. The molecule has 0 spiro atoms. The first-order chi connectivity index (χ1) is 10.1. The van der Waals surface area contributed by atoms with Crippen LogP contribution in [-0.4, -0.2) is 21.8 Å². The lowest BCUT2D eigenvalue weighted by molar-refractivity contribution is 0.0170. The van der Waals surface area contributed by atoms with E-state index in [0.717, 1.165) is 36.1 Å². The number of fused-ring (bicyclic) bond motifs is 1. The number of aromatic nitrogens is 2. The summed E-state index contributed by atoms with van der Waals surface area (Å²) in [5, 5.41) is 21.5. The zero-order chi connectivity index (χ0) is 14.9. The smallest absolute Gasteiger partial charge is 0.102 e. The number of rotatable bonds is 4. The Morgan fingerprint density at radius 3 is 3.00 bits per heavy atom. The lowest BCUT2D eigenvalue weighted by Crippen LogP contribution is -2.41. The van der Waals surface area contributed by atoms with Crippen molar-refractivity contribution in [1.29, 1.82) is 0 Å². The maximum Gasteiger partial charge on any atom is 0.102 e. The molecule has 3 rings (SSSR count). The van der Waals surface area contributed by atoms with Gasteiger partial charge >= 0.3 is 0 Å². The summed E-state index contributed by atoms with van der Waals surface area (Å²) in [6.07, 6.45) is 4.77. The molecule has 1 aliphatic carbocycles. The summed E-state index contributed by atoms with van der Waals surface area (Å²) in [6.45, 7) is 4.69. The summed E-state index contributed by atoms with van der Waals surface area (Å²) >= 11 is 0. The van der Waals surface area contributed by atoms with Crippen molar-refractivity contribution in [2.24, 2.45) is 0 Å². The molecular weight excluding hydrogens is 262 g/mol. The van der Waals surface area contributed by atoms with E-state index < -0.39 is 5.60 Å². The molecule has 0 bridgehead atoms. The molecule has 1 aliphatic rings. The van der Waals surface area contributed by atoms with Crippen molar-refractivity contribution in [1.82, 2.24) is 15.5 Å². The Bertz CT molecular complexity index is 622. The molecule has 1 aromatic carbocycles. The van der Waals surface area contributed by atoms with Crippen LogP contribution in [0.1, 0.15) is 48.2 Å². The maximum atomic E-state index is 11.1. The van der Waals surface area contributed by atoms with Gasteiger partial charge in [0.15, 0.2) is 0 Å². The van der Waals surface area contributed by atoms with Crippen LogP contribution in [0.15, 0.2) is 30.5 Å². The van der Waals surface area contributed by atoms with Gasteiger partial charge in [-0.15, -0.1) is 0 Å². The molecule has 0 amide bonds. The molecule has 3 N–H and O–H groups in total. The first-order valence-electron chi connectivity index (χ1n) is 7.64. The Labute approximate surface area is 125 Å². The fraction of sp³-hybridized carbons (Fsp3) is 0.471. The Hall–Kier alpha value is -1.65. The predicted molar refractivity (Wildman–Crippen MR) is 83.0 cm³/mol. The van der Waals surface area contributed by atoms with Crippen molar-refractivity contribution >= 4 is 0 Å². The fourth-order valence-corrected chi connectivity index (χ4v) is 3.31. The molecule has 2 aromatic rings. The average Bonchev–Trinajstić information content (AvgIpc) is 2.92. The third kappa shape index (κ3) is 2.74. The van der Waals surface area contributed by atoms with Crippen LogP contribution < -0.4 is 5.32 Å².